The summed E-state index contributed by atoms with van der Waals surface area (Å²) in [5, 5.41) is 0.393. The fraction of sp³-hybridized carbons (Fsp3) is 0.455. The number of carbonyl (C=O) groups excluding carboxylic acids is 2. The van der Waals surface area contributed by atoms with Gasteiger partial charge in [-0.15, -0.1) is 0 Å². The van der Waals surface area contributed by atoms with Crippen molar-refractivity contribution >= 4 is 49.2 Å². The first-order valence-electron chi connectivity index (χ1n) is 14.4. The van der Waals surface area contributed by atoms with E-state index in [0.29, 0.717) is 65.0 Å². The number of hydrogen-bond donors (Lipinski definition) is 0. The molecule has 2 aromatic rings. The molecule has 8 nitrogen and oxygen atoms in total. The van der Waals surface area contributed by atoms with E-state index in [1.165, 1.54) is 31.4 Å². The molecule has 44 heavy (non-hydrogen) atoms. The maximum Gasteiger partial charge on any atom is 0.339 e. The van der Waals surface area contributed by atoms with E-state index >= 15 is 0 Å². The van der Waals surface area contributed by atoms with Crippen molar-refractivity contribution in [3.05, 3.63) is 74.0 Å². The lowest BCUT2D eigenvalue weighted by Gasteiger charge is -2.49. The van der Waals surface area contributed by atoms with Crippen LogP contribution in [0.15, 0.2) is 68.3 Å². The van der Waals surface area contributed by atoms with Crippen LogP contribution in [0.2, 0.25) is 5.02 Å². The Balaban J connectivity index is 1.69. The van der Waals surface area contributed by atoms with E-state index in [1.54, 1.807) is 19.2 Å². The van der Waals surface area contributed by atoms with Crippen LogP contribution in [0.4, 0.5) is 0 Å². The molecule has 2 aromatic carbocycles. The third-order valence-corrected chi connectivity index (χ3v) is 10.5. The van der Waals surface area contributed by atoms with Gasteiger partial charge in [-0.05, 0) is 81.6 Å². The molecular weight excluding hydrogens is 670 g/mol. The molecule has 0 unspecified atom stereocenters. The maximum atomic E-state index is 14.0. The van der Waals surface area contributed by atoms with Gasteiger partial charge in [0.15, 0.2) is 23.1 Å². The van der Waals surface area contributed by atoms with E-state index in [-0.39, 0.29) is 38.8 Å². The Bertz CT molecular complexity index is 1640. The van der Waals surface area contributed by atoms with Crippen molar-refractivity contribution in [3.8, 4) is 11.5 Å². The highest BCUT2D eigenvalue weighted by molar-refractivity contribution is 9.10. The molecule has 0 amide bonds. The number of hydrogen-bond acceptors (Lipinski definition) is 8. The first-order chi connectivity index (χ1) is 20.6. The van der Waals surface area contributed by atoms with Crippen molar-refractivity contribution in [1.82, 2.24) is 4.90 Å². The molecule has 0 bridgehead atoms. The quantitative estimate of drug-likeness (QED) is 0.266. The smallest absolute Gasteiger partial charge is 0.339 e. The summed E-state index contributed by atoms with van der Waals surface area (Å²) in [5.74, 6) is -0.551. The van der Waals surface area contributed by atoms with Gasteiger partial charge in [-0.3, -0.25) is 9.59 Å². The van der Waals surface area contributed by atoms with E-state index in [9.17, 15) is 18.0 Å². The molecule has 5 rings (SSSR count). The van der Waals surface area contributed by atoms with Gasteiger partial charge in [-0.2, -0.15) is 8.42 Å². The van der Waals surface area contributed by atoms with Crippen LogP contribution in [0, 0.1) is 10.8 Å². The molecule has 0 aromatic heterocycles. The van der Waals surface area contributed by atoms with E-state index in [1.807, 2.05) is 0 Å². The number of rotatable bonds is 8. The average molecular weight is 707 g/mol. The van der Waals surface area contributed by atoms with Crippen molar-refractivity contribution in [2.45, 2.75) is 64.2 Å². The van der Waals surface area contributed by atoms with Gasteiger partial charge in [0.1, 0.15) is 4.90 Å². The normalized spacial score (nSPS) is 20.0. The minimum Gasteiger partial charge on any atom is -0.493 e. The highest BCUT2D eigenvalue weighted by Gasteiger charge is 2.49. The highest BCUT2D eigenvalue weighted by atomic mass is 79.9. The van der Waals surface area contributed by atoms with Gasteiger partial charge in [0.2, 0.25) is 0 Å². The fourth-order valence-corrected chi connectivity index (χ4v) is 8.31. The standard InChI is InChI=1S/C33H37BrClNO7S/c1-32(2)15-23-29(25(37)17-32)28(30-24(36(23)11-12-41-5)16-33(3,4)18-26(30)38)19-13-22(34)31(27(14-19)42-6)43-44(39,40)21-9-7-20(35)8-10-21/h7-10,13-14,28H,11-12,15-18H2,1-6H3. The highest BCUT2D eigenvalue weighted by Crippen LogP contribution is 2.55. The second kappa shape index (κ2) is 11.9. The molecule has 2 aliphatic carbocycles. The lowest BCUT2D eigenvalue weighted by atomic mass is 9.63. The minimum atomic E-state index is -4.23. The Morgan fingerprint density at radius 2 is 1.45 bits per heavy atom. The number of methoxy groups -OCH3 is 2. The van der Waals surface area contributed by atoms with Gasteiger partial charge in [-0.25, -0.2) is 0 Å². The summed E-state index contributed by atoms with van der Waals surface area (Å²) in [6, 6.07) is 9.04. The van der Waals surface area contributed by atoms with Gasteiger partial charge >= 0.3 is 10.1 Å². The molecule has 0 fully saturated rings. The third kappa shape index (κ3) is 6.23. The molecule has 0 saturated heterocycles. The molecule has 11 heteroatoms. The maximum absolute atomic E-state index is 14.0. The lowest BCUT2D eigenvalue weighted by molar-refractivity contribution is -0.119. The largest absolute Gasteiger partial charge is 0.493 e. The van der Waals surface area contributed by atoms with Crippen LogP contribution in [0.25, 0.3) is 0 Å². The molecule has 0 atom stereocenters. The predicted octanol–water partition coefficient (Wildman–Crippen LogP) is 7.21. The van der Waals surface area contributed by atoms with Gasteiger partial charge in [0.05, 0.1) is 18.2 Å². The minimum absolute atomic E-state index is 0.00594. The van der Waals surface area contributed by atoms with Crippen molar-refractivity contribution in [3.63, 3.8) is 0 Å². The van der Waals surface area contributed by atoms with Crippen LogP contribution in [0.3, 0.4) is 0 Å². The zero-order valence-electron chi connectivity index (χ0n) is 25.8. The number of benzene rings is 2. The van der Waals surface area contributed by atoms with Crippen molar-refractivity contribution in [2.75, 3.05) is 27.4 Å². The molecule has 0 saturated carbocycles. The van der Waals surface area contributed by atoms with Gasteiger partial charge in [-0.1, -0.05) is 39.3 Å². The van der Waals surface area contributed by atoms with Gasteiger partial charge < -0.3 is 18.6 Å². The van der Waals surface area contributed by atoms with E-state index < -0.39 is 16.0 Å². The molecule has 0 spiro atoms. The summed E-state index contributed by atoms with van der Waals surface area (Å²) in [7, 11) is -1.18. The zero-order valence-corrected chi connectivity index (χ0v) is 28.9. The van der Waals surface area contributed by atoms with E-state index in [2.05, 4.69) is 48.5 Å². The van der Waals surface area contributed by atoms with Crippen LogP contribution < -0.4 is 8.92 Å². The number of Topliss-reactive ketones (excluding diaryl/α,β-unsaturated/α-hetero) is 2. The average Bonchev–Trinajstić information content (AvgIpc) is 2.91. The van der Waals surface area contributed by atoms with Crippen LogP contribution in [0.1, 0.15) is 64.9 Å². The number of carbonyl (C=O) groups is 2. The molecular formula is C33H37BrClNO7S. The Hall–Kier alpha value is -2.66. The molecule has 1 heterocycles. The van der Waals surface area contributed by atoms with Crippen LogP contribution >= 0.6 is 27.5 Å². The second-order valence-corrected chi connectivity index (χ2v) is 16.0. The number of allylic oxidation sites excluding steroid dienone is 4. The number of halogens is 2. The van der Waals surface area contributed by atoms with E-state index in [0.717, 1.165) is 11.4 Å². The molecule has 3 aliphatic rings. The Morgan fingerprint density at radius 3 is 1.95 bits per heavy atom. The number of ether oxygens (including phenoxy) is 2. The first kappa shape index (κ1) is 32.7. The molecule has 1 aliphatic heterocycles. The second-order valence-electron chi connectivity index (χ2n) is 13.2. The third-order valence-electron chi connectivity index (χ3n) is 8.42. The Labute approximate surface area is 272 Å². The summed E-state index contributed by atoms with van der Waals surface area (Å²) in [6.07, 6.45) is 2.03. The monoisotopic (exact) mass is 705 g/mol. The Morgan fingerprint density at radius 1 is 0.909 bits per heavy atom. The summed E-state index contributed by atoms with van der Waals surface area (Å²) in [4.78, 5) is 30.1. The predicted molar refractivity (Wildman–Crippen MR) is 171 cm³/mol. The van der Waals surface area contributed by atoms with Gasteiger partial charge in [0, 0.05) is 60.0 Å². The topological polar surface area (TPSA) is 99.2 Å². The van der Waals surface area contributed by atoms with Crippen LogP contribution in [0.5, 0.6) is 11.5 Å². The summed E-state index contributed by atoms with van der Waals surface area (Å²) in [6.45, 7) is 9.32. The van der Waals surface area contributed by atoms with E-state index in [4.69, 9.17) is 25.3 Å². The van der Waals surface area contributed by atoms with Crippen molar-refractivity contribution in [2.24, 2.45) is 10.8 Å². The lowest BCUT2D eigenvalue weighted by Crippen LogP contribution is -2.45. The number of nitrogens with zero attached hydrogens (tertiary/aromatic N) is 1. The van der Waals surface area contributed by atoms with Crippen LogP contribution in [-0.4, -0.2) is 52.3 Å². The molecule has 0 radical (unpaired) electrons. The SMILES string of the molecule is COCCN1C2=C(C(=O)CC(C)(C)C2)C(c2cc(Br)c(OS(=O)(=O)c3ccc(Cl)cc3)c(OC)c2)C2=C1CC(C)(C)CC2=O. The summed E-state index contributed by atoms with van der Waals surface area (Å²) >= 11 is 9.45. The first-order valence-corrected chi connectivity index (χ1v) is 17.0. The summed E-state index contributed by atoms with van der Waals surface area (Å²) in [5.41, 5.74) is 3.15. The Kier molecular flexibility index (Phi) is 8.87. The van der Waals surface area contributed by atoms with Crippen molar-refractivity contribution in [1.29, 1.82) is 0 Å². The summed E-state index contributed by atoms with van der Waals surface area (Å²) < 4.78 is 43.3. The molecule has 236 valence electrons. The number of ketones is 2. The van der Waals surface area contributed by atoms with Crippen molar-refractivity contribution < 1.29 is 31.7 Å². The van der Waals surface area contributed by atoms with Crippen LogP contribution in [-0.2, 0) is 24.4 Å². The zero-order chi connectivity index (χ0) is 32.2. The van der Waals surface area contributed by atoms with Gasteiger partial charge in [0.25, 0.3) is 0 Å². The molecule has 0 N–H and O–H groups in total. The fourth-order valence-electron chi connectivity index (χ4n) is 6.58.